The molecule has 1 saturated heterocycles. The summed E-state index contributed by atoms with van der Waals surface area (Å²) in [5.41, 5.74) is 4.97. The maximum Gasteiger partial charge on any atom is 0.498 e. The van der Waals surface area contributed by atoms with Gasteiger partial charge in [-0.15, -0.1) is 0 Å². The van der Waals surface area contributed by atoms with Crippen LogP contribution in [0.4, 0.5) is 0 Å². The number of benzene rings is 1. The van der Waals surface area contributed by atoms with Gasteiger partial charge in [-0.05, 0) is 54.0 Å². The fourth-order valence-corrected chi connectivity index (χ4v) is 3.15. The Morgan fingerprint density at radius 3 is 2.25 bits per heavy atom. The molecule has 0 saturated carbocycles. The lowest BCUT2D eigenvalue weighted by molar-refractivity contribution is 0.00578. The molecule has 0 spiro atoms. The zero-order chi connectivity index (χ0) is 17.7. The Bertz CT molecular complexity index is 749. The van der Waals surface area contributed by atoms with Crippen LogP contribution in [0.25, 0.3) is 0 Å². The average Bonchev–Trinajstić information content (AvgIpc) is 2.83. The van der Waals surface area contributed by atoms with Gasteiger partial charge in [-0.3, -0.25) is 4.68 Å². The highest BCUT2D eigenvalue weighted by Gasteiger charge is 2.53. The van der Waals surface area contributed by atoms with Gasteiger partial charge < -0.3 is 9.31 Å². The van der Waals surface area contributed by atoms with E-state index in [1.807, 2.05) is 11.6 Å². The molecule has 0 amide bonds. The molecule has 0 atom stereocenters. The van der Waals surface area contributed by atoms with Gasteiger partial charge in [0.1, 0.15) is 0 Å². The van der Waals surface area contributed by atoms with Crippen molar-refractivity contribution in [1.29, 1.82) is 0 Å². The fraction of sp³-hybridized carbons (Fsp3) is 0.526. The van der Waals surface area contributed by atoms with E-state index < -0.39 is 0 Å². The van der Waals surface area contributed by atoms with Gasteiger partial charge in [0.25, 0.3) is 0 Å². The lowest BCUT2D eigenvalue weighted by atomic mass is 9.77. The van der Waals surface area contributed by atoms with Gasteiger partial charge >= 0.3 is 7.12 Å². The molecular formula is C19H27BN2O2. The van der Waals surface area contributed by atoms with Gasteiger partial charge in [0.2, 0.25) is 0 Å². The predicted octanol–water partition coefficient (Wildman–Crippen LogP) is 3.16. The Morgan fingerprint density at radius 1 is 1.04 bits per heavy atom. The summed E-state index contributed by atoms with van der Waals surface area (Å²) in [6.45, 7) is 15.3. The molecule has 0 bridgehead atoms. The fourth-order valence-electron chi connectivity index (χ4n) is 3.15. The van der Waals surface area contributed by atoms with Crippen molar-refractivity contribution in [2.45, 2.75) is 66.2 Å². The summed E-state index contributed by atoms with van der Waals surface area (Å²) in [4.78, 5) is 0. The Morgan fingerprint density at radius 2 is 1.67 bits per heavy atom. The van der Waals surface area contributed by atoms with Crippen molar-refractivity contribution in [1.82, 2.24) is 9.78 Å². The number of nitrogens with zero attached hydrogens (tertiary/aromatic N) is 2. The van der Waals surface area contributed by atoms with E-state index in [9.17, 15) is 0 Å². The molecule has 0 aliphatic carbocycles. The van der Waals surface area contributed by atoms with Crippen molar-refractivity contribution >= 4 is 12.6 Å². The van der Waals surface area contributed by atoms with Crippen molar-refractivity contribution in [3.63, 3.8) is 0 Å². The first-order valence-electron chi connectivity index (χ1n) is 8.56. The topological polar surface area (TPSA) is 36.3 Å². The van der Waals surface area contributed by atoms with Gasteiger partial charge in [-0.2, -0.15) is 5.10 Å². The predicted molar refractivity (Wildman–Crippen MR) is 97.7 cm³/mol. The van der Waals surface area contributed by atoms with Crippen LogP contribution >= 0.6 is 0 Å². The molecule has 1 fully saturated rings. The number of aryl methyl sites for hydroxylation is 2. The highest BCUT2D eigenvalue weighted by molar-refractivity contribution is 6.63. The second-order valence-electron chi connectivity index (χ2n) is 7.82. The minimum Gasteiger partial charge on any atom is -0.399 e. The molecular weight excluding hydrogens is 299 g/mol. The summed E-state index contributed by atoms with van der Waals surface area (Å²) in [5, 5.41) is 4.73. The van der Waals surface area contributed by atoms with E-state index in [0.29, 0.717) is 0 Å². The summed E-state index contributed by atoms with van der Waals surface area (Å²) < 4.78 is 14.5. The molecule has 2 heterocycles. The zero-order valence-corrected chi connectivity index (χ0v) is 15.8. The quantitative estimate of drug-likeness (QED) is 0.813. The first-order chi connectivity index (χ1) is 11.1. The Balaban J connectivity index is 1.91. The van der Waals surface area contributed by atoms with Crippen molar-refractivity contribution < 1.29 is 9.31 Å². The minimum atomic E-state index is -0.360. The van der Waals surface area contributed by atoms with Crippen LogP contribution in [-0.4, -0.2) is 28.1 Å². The third-order valence-electron chi connectivity index (χ3n) is 5.34. The van der Waals surface area contributed by atoms with E-state index in [0.717, 1.165) is 23.4 Å². The Kier molecular flexibility index (Phi) is 4.13. The van der Waals surface area contributed by atoms with Gasteiger partial charge in [-0.1, -0.05) is 29.8 Å². The monoisotopic (exact) mass is 326 g/mol. The molecule has 0 unspecified atom stereocenters. The van der Waals surface area contributed by atoms with E-state index >= 15 is 0 Å². The third kappa shape index (κ3) is 2.91. The first-order valence-corrected chi connectivity index (χ1v) is 8.56. The highest BCUT2D eigenvalue weighted by Crippen LogP contribution is 2.36. The molecule has 0 N–H and O–H groups in total. The van der Waals surface area contributed by atoms with E-state index in [1.54, 1.807) is 0 Å². The summed E-state index contributed by atoms with van der Waals surface area (Å²) >= 11 is 0. The molecule has 1 aliphatic heterocycles. The zero-order valence-electron chi connectivity index (χ0n) is 15.8. The van der Waals surface area contributed by atoms with E-state index in [4.69, 9.17) is 14.4 Å². The maximum absolute atomic E-state index is 6.22. The summed E-state index contributed by atoms with van der Waals surface area (Å²) in [6, 6.07) is 8.54. The van der Waals surface area contributed by atoms with Crippen LogP contribution in [0.15, 0.2) is 24.3 Å². The molecule has 1 aromatic carbocycles. The Labute approximate surface area is 145 Å². The number of hydrogen-bond donors (Lipinski definition) is 0. The molecule has 3 rings (SSSR count). The van der Waals surface area contributed by atoms with Crippen molar-refractivity contribution in [3.05, 3.63) is 46.8 Å². The number of aromatic nitrogens is 2. The second kappa shape index (κ2) is 5.75. The molecule has 0 radical (unpaired) electrons. The van der Waals surface area contributed by atoms with Gasteiger partial charge in [-0.25, -0.2) is 0 Å². The Hall–Kier alpha value is -1.59. The van der Waals surface area contributed by atoms with Crippen LogP contribution in [0.5, 0.6) is 0 Å². The normalized spacial score (nSPS) is 19.0. The smallest absolute Gasteiger partial charge is 0.399 e. The lowest BCUT2D eigenvalue weighted by Crippen LogP contribution is -2.41. The first kappa shape index (κ1) is 17.2. The minimum absolute atomic E-state index is 0.338. The summed E-state index contributed by atoms with van der Waals surface area (Å²) in [7, 11) is -0.360. The molecule has 4 nitrogen and oxygen atoms in total. The maximum atomic E-state index is 6.22. The van der Waals surface area contributed by atoms with Crippen LogP contribution < -0.4 is 5.46 Å². The second-order valence-corrected chi connectivity index (χ2v) is 7.82. The standard InChI is InChI=1S/C19H27BN2O2/c1-13-9-8-10-16(11-13)12-22-15(3)17(14(2)21-22)20-23-18(4,5)19(6,7)24-20/h8-11H,12H2,1-7H3. The largest absolute Gasteiger partial charge is 0.498 e. The molecule has 24 heavy (non-hydrogen) atoms. The number of hydrogen-bond acceptors (Lipinski definition) is 3. The van der Waals surface area contributed by atoms with Gasteiger partial charge in [0, 0.05) is 11.2 Å². The third-order valence-corrected chi connectivity index (χ3v) is 5.34. The summed E-state index contributed by atoms with van der Waals surface area (Å²) in [5.74, 6) is 0. The van der Waals surface area contributed by atoms with Crippen LogP contribution in [0.3, 0.4) is 0 Å². The highest BCUT2D eigenvalue weighted by atomic mass is 16.7. The molecule has 1 aliphatic rings. The molecule has 1 aromatic heterocycles. The van der Waals surface area contributed by atoms with Crippen LogP contribution in [0, 0.1) is 20.8 Å². The SMILES string of the molecule is Cc1cccc(Cn2nc(C)c(B3OC(C)(C)C(C)(C)O3)c2C)c1. The molecule has 2 aromatic rings. The van der Waals surface area contributed by atoms with Crippen LogP contribution in [0.2, 0.25) is 0 Å². The lowest BCUT2D eigenvalue weighted by Gasteiger charge is -2.32. The summed E-state index contributed by atoms with van der Waals surface area (Å²) in [6.07, 6.45) is 0. The van der Waals surface area contributed by atoms with E-state index in [-0.39, 0.29) is 18.3 Å². The van der Waals surface area contributed by atoms with Crippen molar-refractivity contribution in [2.24, 2.45) is 0 Å². The van der Waals surface area contributed by atoms with Gasteiger partial charge in [0.05, 0.1) is 23.4 Å². The van der Waals surface area contributed by atoms with Crippen LogP contribution in [-0.2, 0) is 15.9 Å². The number of rotatable bonds is 3. The van der Waals surface area contributed by atoms with Crippen molar-refractivity contribution in [2.75, 3.05) is 0 Å². The molecule has 128 valence electrons. The average molecular weight is 326 g/mol. The van der Waals surface area contributed by atoms with Crippen molar-refractivity contribution in [3.8, 4) is 0 Å². The van der Waals surface area contributed by atoms with E-state index in [2.05, 4.69) is 65.8 Å². The van der Waals surface area contributed by atoms with Crippen LogP contribution in [0.1, 0.15) is 50.2 Å². The van der Waals surface area contributed by atoms with E-state index in [1.165, 1.54) is 11.1 Å². The van der Waals surface area contributed by atoms with Gasteiger partial charge in [0.15, 0.2) is 0 Å². The molecule has 5 heteroatoms.